The maximum Gasteiger partial charge on any atom is 0.422 e. The topological polar surface area (TPSA) is 51.7 Å². The van der Waals surface area contributed by atoms with Crippen LogP contribution in [0.2, 0.25) is 0 Å². The van der Waals surface area contributed by atoms with Crippen LogP contribution in [-0.2, 0) is 6.54 Å². The van der Waals surface area contributed by atoms with E-state index in [0.717, 1.165) is 11.3 Å². The van der Waals surface area contributed by atoms with E-state index in [1.807, 2.05) is 31.2 Å². The van der Waals surface area contributed by atoms with Gasteiger partial charge in [-0.1, -0.05) is 12.1 Å². The van der Waals surface area contributed by atoms with Gasteiger partial charge in [0.05, 0.1) is 12.7 Å². The number of aromatic nitrogens is 1. The van der Waals surface area contributed by atoms with Crippen molar-refractivity contribution in [3.63, 3.8) is 0 Å². The minimum Gasteiger partial charge on any atom is -0.497 e. The normalized spacial score (nSPS) is 11.1. The Morgan fingerprint density at radius 1 is 1.15 bits per heavy atom. The molecule has 0 atom stereocenters. The zero-order valence-electron chi connectivity index (χ0n) is 14.4. The average molecular weight is 368 g/mol. The first-order valence-electron chi connectivity index (χ1n) is 7.90. The first-order valence-corrected chi connectivity index (χ1v) is 7.90. The van der Waals surface area contributed by atoms with E-state index < -0.39 is 12.8 Å². The van der Waals surface area contributed by atoms with Gasteiger partial charge in [-0.05, 0) is 30.7 Å². The molecule has 0 unspecified atom stereocenters. The van der Waals surface area contributed by atoms with E-state index in [-0.39, 0.29) is 17.4 Å². The van der Waals surface area contributed by atoms with E-state index >= 15 is 0 Å². The Hall–Kier alpha value is -2.77. The SMILES string of the molecule is CCN(Cc1ccc(OC)cc1)C(=O)c1ccc(OCC(F)(F)F)nc1. The van der Waals surface area contributed by atoms with Crippen LogP contribution in [0, 0.1) is 0 Å². The third-order valence-electron chi connectivity index (χ3n) is 3.57. The molecule has 2 rings (SSSR count). The van der Waals surface area contributed by atoms with Crippen molar-refractivity contribution in [3.8, 4) is 11.6 Å². The summed E-state index contributed by atoms with van der Waals surface area (Å²) in [5.41, 5.74) is 1.21. The zero-order chi connectivity index (χ0) is 19.2. The summed E-state index contributed by atoms with van der Waals surface area (Å²) >= 11 is 0. The summed E-state index contributed by atoms with van der Waals surface area (Å²) in [6, 6.07) is 9.99. The molecule has 0 radical (unpaired) electrons. The van der Waals surface area contributed by atoms with Gasteiger partial charge >= 0.3 is 6.18 Å². The number of amides is 1. The summed E-state index contributed by atoms with van der Waals surface area (Å²) in [7, 11) is 1.58. The summed E-state index contributed by atoms with van der Waals surface area (Å²) < 4.78 is 46.0. The van der Waals surface area contributed by atoms with Crippen molar-refractivity contribution in [2.75, 3.05) is 20.3 Å². The lowest BCUT2D eigenvalue weighted by atomic mass is 10.2. The fourth-order valence-electron chi connectivity index (χ4n) is 2.21. The quantitative estimate of drug-likeness (QED) is 0.748. The summed E-state index contributed by atoms with van der Waals surface area (Å²) in [5, 5.41) is 0. The molecule has 8 heteroatoms. The molecule has 0 saturated carbocycles. The maximum atomic E-state index is 12.6. The number of rotatable bonds is 7. The summed E-state index contributed by atoms with van der Waals surface area (Å²) in [6.07, 6.45) is -3.22. The second kappa shape index (κ2) is 8.55. The highest BCUT2D eigenvalue weighted by Gasteiger charge is 2.28. The first kappa shape index (κ1) is 19.6. The zero-order valence-corrected chi connectivity index (χ0v) is 14.4. The van der Waals surface area contributed by atoms with E-state index in [9.17, 15) is 18.0 Å². The Morgan fingerprint density at radius 3 is 2.35 bits per heavy atom. The van der Waals surface area contributed by atoms with E-state index in [2.05, 4.69) is 9.72 Å². The molecule has 2 aromatic rings. The van der Waals surface area contributed by atoms with E-state index in [1.54, 1.807) is 12.0 Å². The monoisotopic (exact) mass is 368 g/mol. The number of ether oxygens (including phenoxy) is 2. The molecule has 1 aromatic heterocycles. The number of halogens is 3. The van der Waals surface area contributed by atoms with Crippen molar-refractivity contribution in [3.05, 3.63) is 53.7 Å². The summed E-state index contributed by atoms with van der Waals surface area (Å²) in [5.74, 6) is 0.275. The Morgan fingerprint density at radius 2 is 1.85 bits per heavy atom. The lowest BCUT2D eigenvalue weighted by molar-refractivity contribution is -0.154. The number of carbonyl (C=O) groups is 1. The van der Waals surface area contributed by atoms with Crippen LogP contribution in [0.15, 0.2) is 42.6 Å². The van der Waals surface area contributed by atoms with Gasteiger partial charge in [-0.25, -0.2) is 4.98 Å². The van der Waals surface area contributed by atoms with Crippen LogP contribution in [0.1, 0.15) is 22.8 Å². The van der Waals surface area contributed by atoms with Gasteiger partial charge in [0, 0.05) is 25.4 Å². The van der Waals surface area contributed by atoms with Gasteiger partial charge < -0.3 is 14.4 Å². The van der Waals surface area contributed by atoms with Crippen molar-refractivity contribution >= 4 is 5.91 Å². The number of nitrogens with zero attached hydrogens (tertiary/aromatic N) is 2. The van der Waals surface area contributed by atoms with Crippen molar-refractivity contribution in [1.29, 1.82) is 0 Å². The van der Waals surface area contributed by atoms with Crippen LogP contribution in [0.25, 0.3) is 0 Å². The molecule has 0 bridgehead atoms. The minimum atomic E-state index is -4.44. The molecule has 0 N–H and O–H groups in total. The van der Waals surface area contributed by atoms with Crippen LogP contribution in [-0.4, -0.2) is 42.2 Å². The number of pyridine rings is 1. The number of benzene rings is 1. The fourth-order valence-corrected chi connectivity index (χ4v) is 2.21. The average Bonchev–Trinajstić information content (AvgIpc) is 2.64. The third-order valence-corrected chi connectivity index (χ3v) is 3.57. The van der Waals surface area contributed by atoms with Crippen molar-refractivity contribution in [2.45, 2.75) is 19.6 Å². The number of hydrogen-bond donors (Lipinski definition) is 0. The fraction of sp³-hybridized carbons (Fsp3) is 0.333. The number of hydrogen-bond acceptors (Lipinski definition) is 4. The van der Waals surface area contributed by atoms with Gasteiger partial charge in [-0.15, -0.1) is 0 Å². The predicted octanol–water partition coefficient (Wildman–Crippen LogP) is 3.69. The van der Waals surface area contributed by atoms with Crippen molar-refractivity contribution < 1.29 is 27.4 Å². The van der Waals surface area contributed by atoms with Crippen LogP contribution in [0.4, 0.5) is 13.2 Å². The molecular weight excluding hydrogens is 349 g/mol. The molecule has 0 saturated heterocycles. The largest absolute Gasteiger partial charge is 0.497 e. The van der Waals surface area contributed by atoms with Gasteiger partial charge in [0.15, 0.2) is 6.61 Å². The van der Waals surface area contributed by atoms with Gasteiger partial charge in [0.25, 0.3) is 5.91 Å². The standard InChI is InChI=1S/C18H19F3N2O3/c1-3-23(11-13-4-7-15(25-2)8-5-13)17(24)14-6-9-16(22-10-14)26-12-18(19,20)21/h4-10H,3,11-12H2,1-2H3. The van der Waals surface area contributed by atoms with Gasteiger partial charge in [0.1, 0.15) is 5.75 Å². The molecule has 5 nitrogen and oxygen atoms in total. The van der Waals surface area contributed by atoms with Crippen LogP contribution >= 0.6 is 0 Å². The highest BCUT2D eigenvalue weighted by atomic mass is 19.4. The Kier molecular flexibility index (Phi) is 6.43. The lowest BCUT2D eigenvalue weighted by Gasteiger charge is -2.21. The second-order valence-electron chi connectivity index (χ2n) is 5.46. The molecule has 0 aliphatic carbocycles. The minimum absolute atomic E-state index is 0.183. The molecule has 140 valence electrons. The van der Waals surface area contributed by atoms with Crippen LogP contribution in [0.3, 0.4) is 0 Å². The van der Waals surface area contributed by atoms with Gasteiger partial charge in [-0.2, -0.15) is 13.2 Å². The molecule has 0 aliphatic heterocycles. The molecule has 0 fully saturated rings. The molecule has 0 aliphatic rings. The molecular formula is C18H19F3N2O3. The van der Waals surface area contributed by atoms with Gasteiger partial charge in [0.2, 0.25) is 5.88 Å². The molecule has 1 amide bonds. The summed E-state index contributed by atoms with van der Waals surface area (Å²) in [6.45, 7) is 1.28. The first-order chi connectivity index (χ1) is 12.3. The Balaban J connectivity index is 2.02. The molecule has 1 aromatic carbocycles. The predicted molar refractivity (Wildman–Crippen MR) is 89.2 cm³/mol. The number of methoxy groups -OCH3 is 1. The van der Waals surface area contributed by atoms with Crippen molar-refractivity contribution in [1.82, 2.24) is 9.88 Å². The maximum absolute atomic E-state index is 12.6. The Bertz CT molecular complexity index is 716. The highest BCUT2D eigenvalue weighted by Crippen LogP contribution is 2.18. The second-order valence-corrected chi connectivity index (χ2v) is 5.46. The van der Waals surface area contributed by atoms with Crippen LogP contribution < -0.4 is 9.47 Å². The smallest absolute Gasteiger partial charge is 0.422 e. The van der Waals surface area contributed by atoms with Gasteiger partial charge in [-0.3, -0.25) is 4.79 Å². The Labute approximate surface area is 149 Å². The molecule has 1 heterocycles. The molecule has 0 spiro atoms. The lowest BCUT2D eigenvalue weighted by Crippen LogP contribution is -2.30. The summed E-state index contributed by atoms with van der Waals surface area (Å²) in [4.78, 5) is 17.9. The van der Waals surface area contributed by atoms with E-state index in [4.69, 9.17) is 4.74 Å². The number of alkyl halides is 3. The van der Waals surface area contributed by atoms with E-state index in [1.165, 1.54) is 18.3 Å². The van der Waals surface area contributed by atoms with Crippen molar-refractivity contribution in [2.24, 2.45) is 0 Å². The highest BCUT2D eigenvalue weighted by molar-refractivity contribution is 5.93. The molecule has 26 heavy (non-hydrogen) atoms. The van der Waals surface area contributed by atoms with E-state index in [0.29, 0.717) is 13.1 Å². The van der Waals surface area contributed by atoms with Crippen LogP contribution in [0.5, 0.6) is 11.6 Å². The number of carbonyl (C=O) groups excluding carboxylic acids is 1. The third kappa shape index (κ3) is 5.65.